The van der Waals surface area contributed by atoms with Crippen molar-refractivity contribution in [3.05, 3.63) is 29.3 Å². The van der Waals surface area contributed by atoms with Gasteiger partial charge < -0.3 is 20.4 Å². The molecule has 1 saturated heterocycles. The molecular formula is C13H14N2O5. The van der Waals surface area contributed by atoms with Crippen molar-refractivity contribution in [2.75, 3.05) is 13.1 Å². The summed E-state index contributed by atoms with van der Waals surface area (Å²) in [6, 6.07) is 3.47. The highest BCUT2D eigenvalue weighted by molar-refractivity contribution is 6.01. The number of para-hydroxylation sites is 1. The maximum Gasteiger partial charge on any atom is 0.328 e. The van der Waals surface area contributed by atoms with Crippen LogP contribution >= 0.6 is 0 Å². The number of phenolic OH excluding ortho intramolecular Hbond substituents is 1. The number of carbonyl (C=O) groups is 3. The van der Waals surface area contributed by atoms with Gasteiger partial charge in [0.2, 0.25) is 5.91 Å². The van der Waals surface area contributed by atoms with Gasteiger partial charge in [-0.05, 0) is 18.6 Å². The molecule has 1 aliphatic rings. The molecule has 7 heteroatoms. The molecule has 3 N–H and O–H groups in total. The molecule has 0 aromatic heterocycles. The molecule has 0 saturated carbocycles. The molecule has 7 nitrogen and oxygen atoms in total. The summed E-state index contributed by atoms with van der Waals surface area (Å²) in [5.74, 6) is -2.51. The lowest BCUT2D eigenvalue weighted by Crippen LogP contribution is -2.59. The Morgan fingerprint density at radius 1 is 1.40 bits per heavy atom. The van der Waals surface area contributed by atoms with Gasteiger partial charge in [0.1, 0.15) is 18.3 Å². The van der Waals surface area contributed by atoms with Crippen molar-refractivity contribution in [1.82, 2.24) is 10.2 Å². The van der Waals surface area contributed by atoms with Crippen LogP contribution in [0, 0.1) is 6.92 Å². The molecule has 2 rings (SSSR count). The zero-order chi connectivity index (χ0) is 14.9. The molecule has 1 atom stereocenters. The van der Waals surface area contributed by atoms with E-state index >= 15 is 0 Å². The van der Waals surface area contributed by atoms with E-state index in [1.807, 2.05) is 0 Å². The van der Waals surface area contributed by atoms with Crippen LogP contribution in [0.2, 0.25) is 0 Å². The summed E-state index contributed by atoms with van der Waals surface area (Å²) in [7, 11) is 0. The topological polar surface area (TPSA) is 107 Å². The van der Waals surface area contributed by atoms with Gasteiger partial charge in [-0.1, -0.05) is 12.1 Å². The van der Waals surface area contributed by atoms with Crippen LogP contribution in [0.3, 0.4) is 0 Å². The number of nitrogens with zero attached hydrogens (tertiary/aromatic N) is 1. The highest BCUT2D eigenvalue weighted by Gasteiger charge is 2.36. The summed E-state index contributed by atoms with van der Waals surface area (Å²) in [4.78, 5) is 35.8. The van der Waals surface area contributed by atoms with Gasteiger partial charge in [0.15, 0.2) is 0 Å². The van der Waals surface area contributed by atoms with E-state index in [0.29, 0.717) is 5.56 Å². The van der Waals surface area contributed by atoms with Crippen molar-refractivity contribution in [2.24, 2.45) is 0 Å². The second-order valence-electron chi connectivity index (χ2n) is 4.56. The second-order valence-corrected chi connectivity index (χ2v) is 4.56. The minimum absolute atomic E-state index is 0.00838. The molecule has 1 unspecified atom stereocenters. The van der Waals surface area contributed by atoms with Gasteiger partial charge in [-0.25, -0.2) is 4.79 Å². The predicted molar refractivity (Wildman–Crippen MR) is 68.3 cm³/mol. The van der Waals surface area contributed by atoms with Crippen LogP contribution < -0.4 is 5.32 Å². The van der Waals surface area contributed by atoms with Gasteiger partial charge in [-0.15, -0.1) is 0 Å². The summed E-state index contributed by atoms with van der Waals surface area (Å²) in [5, 5.41) is 21.4. The molecule has 1 aliphatic heterocycles. The number of amides is 2. The Morgan fingerprint density at radius 3 is 2.75 bits per heavy atom. The smallest absolute Gasteiger partial charge is 0.328 e. The molecule has 1 fully saturated rings. The molecule has 1 heterocycles. The predicted octanol–water partition coefficient (Wildman–Crippen LogP) is -0.274. The normalized spacial score (nSPS) is 18.6. The molecule has 106 valence electrons. The first-order valence-corrected chi connectivity index (χ1v) is 6.01. The molecule has 1 aromatic carbocycles. The summed E-state index contributed by atoms with van der Waals surface area (Å²) in [5.41, 5.74) is 0.495. The number of piperazine rings is 1. The molecule has 20 heavy (non-hydrogen) atoms. The summed E-state index contributed by atoms with van der Waals surface area (Å²) in [6.07, 6.45) is 0. The van der Waals surface area contributed by atoms with Crippen LogP contribution in [0.15, 0.2) is 18.2 Å². The van der Waals surface area contributed by atoms with Crippen molar-refractivity contribution in [1.29, 1.82) is 0 Å². The number of rotatable bonds is 2. The lowest BCUT2D eigenvalue weighted by Gasteiger charge is -2.32. The number of aromatic hydroxyl groups is 1. The van der Waals surface area contributed by atoms with Crippen molar-refractivity contribution >= 4 is 17.8 Å². The van der Waals surface area contributed by atoms with Crippen LogP contribution in [0.25, 0.3) is 0 Å². The molecule has 0 spiro atoms. The Labute approximate surface area is 114 Å². The number of aryl methyl sites for hydroxylation is 1. The molecule has 0 radical (unpaired) electrons. The molecular weight excluding hydrogens is 264 g/mol. The van der Waals surface area contributed by atoms with Crippen LogP contribution in [0.1, 0.15) is 15.9 Å². The first-order chi connectivity index (χ1) is 9.41. The Bertz CT molecular complexity index is 584. The van der Waals surface area contributed by atoms with Crippen molar-refractivity contribution in [3.63, 3.8) is 0 Å². The van der Waals surface area contributed by atoms with E-state index < -0.39 is 23.8 Å². The maximum absolute atomic E-state index is 12.4. The zero-order valence-corrected chi connectivity index (χ0v) is 10.8. The zero-order valence-electron chi connectivity index (χ0n) is 10.8. The number of benzene rings is 1. The molecule has 0 aliphatic carbocycles. The van der Waals surface area contributed by atoms with E-state index in [9.17, 15) is 19.5 Å². The number of aliphatic carboxylic acids is 1. The van der Waals surface area contributed by atoms with Crippen molar-refractivity contribution < 1.29 is 24.6 Å². The van der Waals surface area contributed by atoms with Gasteiger partial charge in [-0.2, -0.15) is 0 Å². The fraction of sp³-hybridized carbons (Fsp3) is 0.308. The first kappa shape index (κ1) is 13.9. The second kappa shape index (κ2) is 5.20. The lowest BCUT2D eigenvalue weighted by atomic mass is 10.1. The molecule has 1 aromatic rings. The van der Waals surface area contributed by atoms with E-state index in [1.54, 1.807) is 19.1 Å². The third-order valence-electron chi connectivity index (χ3n) is 3.20. The van der Waals surface area contributed by atoms with Gasteiger partial charge in [0.05, 0.1) is 5.56 Å². The minimum Gasteiger partial charge on any atom is -0.507 e. The largest absolute Gasteiger partial charge is 0.507 e. The highest BCUT2D eigenvalue weighted by atomic mass is 16.4. The summed E-state index contributed by atoms with van der Waals surface area (Å²) in [6.45, 7) is 1.14. The quantitative estimate of drug-likeness (QED) is 0.690. The van der Waals surface area contributed by atoms with Crippen LogP contribution in [0.5, 0.6) is 5.75 Å². The fourth-order valence-corrected chi connectivity index (χ4v) is 2.06. The maximum atomic E-state index is 12.4. The number of carboxylic acid groups (broad SMARTS) is 1. The number of hydrogen-bond acceptors (Lipinski definition) is 4. The monoisotopic (exact) mass is 278 g/mol. The van der Waals surface area contributed by atoms with Crippen LogP contribution in [-0.4, -0.2) is 52.0 Å². The van der Waals surface area contributed by atoms with Crippen LogP contribution in [-0.2, 0) is 9.59 Å². The highest BCUT2D eigenvalue weighted by Crippen LogP contribution is 2.24. The Kier molecular flexibility index (Phi) is 3.60. The summed E-state index contributed by atoms with van der Waals surface area (Å²) < 4.78 is 0. The number of hydrogen-bond donors (Lipinski definition) is 3. The van der Waals surface area contributed by atoms with E-state index in [2.05, 4.69) is 5.32 Å². The number of nitrogens with one attached hydrogen (secondary N) is 1. The number of carboxylic acids is 1. The Balaban J connectivity index is 2.36. The number of phenols is 1. The van der Waals surface area contributed by atoms with E-state index in [0.717, 1.165) is 4.90 Å². The SMILES string of the molecule is Cc1cccc(C(=O)N2CC(=O)NCC2C(=O)O)c1O. The molecule has 2 amide bonds. The van der Waals surface area contributed by atoms with Crippen LogP contribution in [0.4, 0.5) is 0 Å². The van der Waals surface area contributed by atoms with Gasteiger partial charge in [0.25, 0.3) is 5.91 Å². The van der Waals surface area contributed by atoms with E-state index in [4.69, 9.17) is 5.11 Å². The van der Waals surface area contributed by atoms with Gasteiger partial charge in [0, 0.05) is 6.54 Å². The Morgan fingerprint density at radius 2 is 2.10 bits per heavy atom. The van der Waals surface area contributed by atoms with E-state index in [1.165, 1.54) is 6.07 Å². The summed E-state index contributed by atoms with van der Waals surface area (Å²) >= 11 is 0. The fourth-order valence-electron chi connectivity index (χ4n) is 2.06. The third-order valence-corrected chi connectivity index (χ3v) is 3.20. The first-order valence-electron chi connectivity index (χ1n) is 6.01. The Hall–Kier alpha value is -2.57. The average Bonchev–Trinajstić information content (AvgIpc) is 2.40. The molecule has 0 bridgehead atoms. The third kappa shape index (κ3) is 2.42. The lowest BCUT2D eigenvalue weighted by molar-refractivity contribution is -0.144. The van der Waals surface area contributed by atoms with E-state index in [-0.39, 0.29) is 24.4 Å². The minimum atomic E-state index is -1.20. The van der Waals surface area contributed by atoms with Crippen molar-refractivity contribution in [2.45, 2.75) is 13.0 Å². The van der Waals surface area contributed by atoms with Gasteiger partial charge in [-0.3, -0.25) is 9.59 Å². The number of carbonyl (C=O) groups excluding carboxylic acids is 2. The van der Waals surface area contributed by atoms with Crippen molar-refractivity contribution in [3.8, 4) is 5.75 Å². The average molecular weight is 278 g/mol. The standard InChI is InChI=1S/C13H14N2O5/c1-7-3-2-4-8(11(7)17)12(18)15-6-10(16)14-5-9(15)13(19)20/h2-4,9,17H,5-6H2,1H3,(H,14,16)(H,19,20). The van der Waals surface area contributed by atoms with Gasteiger partial charge >= 0.3 is 5.97 Å².